The van der Waals surface area contributed by atoms with Crippen LogP contribution in [-0.2, 0) is 16.1 Å². The van der Waals surface area contributed by atoms with Crippen molar-refractivity contribution >= 4 is 12.0 Å². The van der Waals surface area contributed by atoms with Gasteiger partial charge < -0.3 is 15.4 Å². The average Bonchev–Trinajstić information content (AvgIpc) is 3.19. The number of nitrogens with one attached hydrogen (secondary N) is 3. The van der Waals surface area contributed by atoms with E-state index in [2.05, 4.69) is 30.8 Å². The van der Waals surface area contributed by atoms with Gasteiger partial charge in [-0.2, -0.15) is 5.10 Å². The van der Waals surface area contributed by atoms with Gasteiger partial charge in [0.15, 0.2) is 5.82 Å². The molecule has 0 spiro atoms. The van der Waals surface area contributed by atoms with Crippen LogP contribution in [0.4, 0.5) is 4.79 Å². The second-order valence-electron chi connectivity index (χ2n) is 7.55. The van der Waals surface area contributed by atoms with Crippen molar-refractivity contribution < 1.29 is 14.3 Å². The average molecular weight is 408 g/mol. The van der Waals surface area contributed by atoms with Gasteiger partial charge in [0, 0.05) is 18.0 Å². The van der Waals surface area contributed by atoms with Gasteiger partial charge in [0.2, 0.25) is 5.91 Å². The molecule has 2 amide bonds. The molecule has 1 atom stereocenters. The Labute approximate surface area is 174 Å². The second kappa shape index (κ2) is 9.17. The fraction of sp³-hybridized carbons (Fsp3) is 0.286. The van der Waals surface area contributed by atoms with E-state index in [0.29, 0.717) is 17.2 Å². The molecule has 9 heteroatoms. The van der Waals surface area contributed by atoms with E-state index in [4.69, 9.17) is 4.74 Å². The molecule has 1 aromatic carbocycles. The number of amides is 2. The number of rotatable bonds is 6. The highest BCUT2D eigenvalue weighted by Gasteiger charge is 2.25. The lowest BCUT2D eigenvalue weighted by Gasteiger charge is -2.23. The number of ether oxygens (including phenoxy) is 1. The van der Waals surface area contributed by atoms with Crippen molar-refractivity contribution in [3.63, 3.8) is 0 Å². The second-order valence-corrected chi connectivity index (χ2v) is 7.55. The molecular formula is C21H24N6O3. The first kappa shape index (κ1) is 21.0. The van der Waals surface area contributed by atoms with Crippen LogP contribution in [0.15, 0.2) is 54.9 Å². The molecule has 0 saturated carbocycles. The number of alkyl carbamates (subject to hydrolysis) is 1. The lowest BCUT2D eigenvalue weighted by atomic mass is 10.1. The van der Waals surface area contributed by atoms with Crippen molar-refractivity contribution in [2.75, 3.05) is 0 Å². The van der Waals surface area contributed by atoms with Crippen LogP contribution in [0.5, 0.6) is 0 Å². The Hall–Kier alpha value is -3.75. The number of carbonyl (C=O) groups is 2. The van der Waals surface area contributed by atoms with E-state index in [1.165, 1.54) is 0 Å². The van der Waals surface area contributed by atoms with Crippen LogP contribution in [0.3, 0.4) is 0 Å². The largest absolute Gasteiger partial charge is 0.444 e. The summed E-state index contributed by atoms with van der Waals surface area (Å²) in [6.07, 6.45) is 2.63. The molecule has 3 aromatic rings. The first-order valence-electron chi connectivity index (χ1n) is 9.46. The van der Waals surface area contributed by atoms with E-state index in [9.17, 15) is 9.59 Å². The monoisotopic (exact) mass is 408 g/mol. The topological polar surface area (TPSA) is 122 Å². The Morgan fingerprint density at radius 3 is 2.47 bits per heavy atom. The van der Waals surface area contributed by atoms with Gasteiger partial charge in [0.1, 0.15) is 17.5 Å². The Morgan fingerprint density at radius 2 is 1.80 bits per heavy atom. The molecule has 0 aliphatic rings. The van der Waals surface area contributed by atoms with E-state index >= 15 is 0 Å². The molecular weight excluding hydrogens is 384 g/mol. The van der Waals surface area contributed by atoms with Gasteiger partial charge >= 0.3 is 6.09 Å². The summed E-state index contributed by atoms with van der Waals surface area (Å²) in [7, 11) is 0. The van der Waals surface area contributed by atoms with Gasteiger partial charge in [-0.25, -0.2) is 9.78 Å². The number of pyridine rings is 1. The van der Waals surface area contributed by atoms with Gasteiger partial charge in [0.05, 0.1) is 6.54 Å². The van der Waals surface area contributed by atoms with Crippen molar-refractivity contribution in [3.05, 3.63) is 66.2 Å². The van der Waals surface area contributed by atoms with Crippen molar-refractivity contribution in [2.24, 2.45) is 0 Å². The van der Waals surface area contributed by atoms with E-state index in [0.717, 1.165) is 5.56 Å². The molecule has 0 bridgehead atoms. The molecule has 0 unspecified atom stereocenters. The Kier molecular flexibility index (Phi) is 6.41. The molecule has 0 aliphatic heterocycles. The minimum Gasteiger partial charge on any atom is -0.444 e. The molecule has 3 rings (SSSR count). The SMILES string of the molecule is CC(C)(C)OC(=O)N[C@H](C(=O)NCc1nc(-c2ccncc2)n[nH]1)c1ccccc1. The van der Waals surface area contributed by atoms with Crippen LogP contribution in [0.1, 0.15) is 38.2 Å². The minimum absolute atomic E-state index is 0.121. The van der Waals surface area contributed by atoms with Crippen molar-refractivity contribution in [1.29, 1.82) is 0 Å². The number of aromatic nitrogens is 4. The minimum atomic E-state index is -0.913. The molecule has 0 radical (unpaired) electrons. The highest BCUT2D eigenvalue weighted by Crippen LogP contribution is 2.16. The van der Waals surface area contributed by atoms with Gasteiger partial charge in [0.25, 0.3) is 0 Å². The normalized spacial score (nSPS) is 12.1. The number of hydrogen-bond donors (Lipinski definition) is 3. The molecule has 2 aromatic heterocycles. The molecule has 156 valence electrons. The number of hydrogen-bond acceptors (Lipinski definition) is 6. The summed E-state index contributed by atoms with van der Waals surface area (Å²) in [5, 5.41) is 12.4. The van der Waals surface area contributed by atoms with Crippen LogP contribution in [-0.4, -0.2) is 37.8 Å². The number of aromatic amines is 1. The summed E-state index contributed by atoms with van der Waals surface area (Å²) in [6.45, 7) is 5.40. The summed E-state index contributed by atoms with van der Waals surface area (Å²) >= 11 is 0. The molecule has 0 saturated heterocycles. The first-order valence-corrected chi connectivity index (χ1v) is 9.46. The zero-order valence-corrected chi connectivity index (χ0v) is 17.0. The molecule has 0 fully saturated rings. The van der Waals surface area contributed by atoms with Gasteiger partial charge in [-0.1, -0.05) is 30.3 Å². The van der Waals surface area contributed by atoms with Crippen molar-refractivity contribution in [3.8, 4) is 11.4 Å². The number of H-pyrrole nitrogens is 1. The quantitative estimate of drug-likeness (QED) is 0.576. The molecule has 2 heterocycles. The van der Waals surface area contributed by atoms with E-state index < -0.39 is 23.6 Å². The van der Waals surface area contributed by atoms with Crippen LogP contribution in [0.25, 0.3) is 11.4 Å². The third-order valence-electron chi connectivity index (χ3n) is 3.96. The highest BCUT2D eigenvalue weighted by molar-refractivity contribution is 5.86. The third kappa shape index (κ3) is 5.87. The number of benzene rings is 1. The van der Waals surface area contributed by atoms with E-state index in [-0.39, 0.29) is 6.54 Å². The fourth-order valence-corrected chi connectivity index (χ4v) is 2.65. The summed E-state index contributed by atoms with van der Waals surface area (Å²) in [4.78, 5) is 33.4. The van der Waals surface area contributed by atoms with Crippen molar-refractivity contribution in [2.45, 2.75) is 39.0 Å². The Bertz CT molecular complexity index is 983. The third-order valence-corrected chi connectivity index (χ3v) is 3.96. The van der Waals surface area contributed by atoms with Gasteiger partial charge in [-0.05, 0) is 38.5 Å². The maximum Gasteiger partial charge on any atom is 0.408 e. The predicted octanol–water partition coefficient (Wildman–Crippen LogP) is 2.75. The molecule has 30 heavy (non-hydrogen) atoms. The summed E-state index contributed by atoms with van der Waals surface area (Å²) in [5.74, 6) is 0.598. The van der Waals surface area contributed by atoms with Crippen LogP contribution < -0.4 is 10.6 Å². The van der Waals surface area contributed by atoms with E-state index in [1.807, 2.05) is 6.07 Å². The number of carbonyl (C=O) groups excluding carboxylic acids is 2. The Balaban J connectivity index is 1.68. The standard InChI is InChI=1S/C21H24N6O3/c1-21(2,3)30-20(29)25-17(14-7-5-4-6-8-14)19(28)23-13-16-24-18(27-26-16)15-9-11-22-12-10-15/h4-12,17H,13H2,1-3H3,(H,23,28)(H,25,29)(H,24,26,27)/t17-/m0/s1. The smallest absolute Gasteiger partial charge is 0.408 e. The van der Waals surface area contributed by atoms with Crippen LogP contribution >= 0.6 is 0 Å². The highest BCUT2D eigenvalue weighted by atomic mass is 16.6. The molecule has 9 nitrogen and oxygen atoms in total. The first-order chi connectivity index (χ1) is 14.3. The number of nitrogens with zero attached hydrogens (tertiary/aromatic N) is 3. The summed E-state index contributed by atoms with van der Waals surface area (Å²) in [5.41, 5.74) is 0.772. The fourth-order valence-electron chi connectivity index (χ4n) is 2.65. The van der Waals surface area contributed by atoms with E-state index in [1.54, 1.807) is 69.6 Å². The van der Waals surface area contributed by atoms with Gasteiger partial charge in [-0.15, -0.1) is 0 Å². The van der Waals surface area contributed by atoms with Crippen molar-refractivity contribution in [1.82, 2.24) is 30.8 Å². The lowest BCUT2D eigenvalue weighted by molar-refractivity contribution is -0.123. The van der Waals surface area contributed by atoms with Crippen LogP contribution in [0, 0.1) is 0 Å². The maximum atomic E-state index is 12.8. The lowest BCUT2D eigenvalue weighted by Crippen LogP contribution is -2.42. The summed E-state index contributed by atoms with van der Waals surface area (Å²) in [6, 6.07) is 11.6. The molecule has 0 aliphatic carbocycles. The Morgan fingerprint density at radius 1 is 1.10 bits per heavy atom. The zero-order chi connectivity index (χ0) is 21.6. The zero-order valence-electron chi connectivity index (χ0n) is 17.0. The van der Waals surface area contributed by atoms with Crippen LogP contribution in [0.2, 0.25) is 0 Å². The predicted molar refractivity (Wildman–Crippen MR) is 110 cm³/mol. The molecule has 3 N–H and O–H groups in total. The summed E-state index contributed by atoms with van der Waals surface area (Å²) < 4.78 is 5.29. The maximum absolute atomic E-state index is 12.8. The van der Waals surface area contributed by atoms with Gasteiger partial charge in [-0.3, -0.25) is 14.9 Å².